The zero-order valence-corrected chi connectivity index (χ0v) is 15.3. The maximum Gasteiger partial charge on any atom is 0.120 e. The van der Waals surface area contributed by atoms with Gasteiger partial charge >= 0.3 is 0 Å². The lowest BCUT2D eigenvalue weighted by Gasteiger charge is -2.29. The second-order valence-electron chi connectivity index (χ2n) is 7.57. The highest BCUT2D eigenvalue weighted by atomic mass is 16.3. The Morgan fingerprint density at radius 3 is 1.78 bits per heavy atom. The molecule has 0 amide bonds. The fourth-order valence-corrected chi connectivity index (χ4v) is 4.58. The van der Waals surface area contributed by atoms with E-state index in [0.717, 1.165) is 21.9 Å². The van der Waals surface area contributed by atoms with Gasteiger partial charge in [-0.05, 0) is 76.7 Å². The molecular formula is C25H20O2. The van der Waals surface area contributed by atoms with Crippen molar-refractivity contribution in [1.82, 2.24) is 0 Å². The summed E-state index contributed by atoms with van der Waals surface area (Å²) in [5.41, 5.74) is 6.01. The maximum absolute atomic E-state index is 11.0. The first-order valence-corrected chi connectivity index (χ1v) is 9.16. The quantitative estimate of drug-likeness (QED) is 0.448. The van der Waals surface area contributed by atoms with Gasteiger partial charge in [-0.2, -0.15) is 0 Å². The molecule has 1 aliphatic rings. The van der Waals surface area contributed by atoms with Crippen LogP contribution in [-0.2, 0) is 5.41 Å². The SMILES string of the molecule is Cc1cc2cc(O)c(C3(C)c4ccccc4-c4ccccc43)cc2cc1O. The fraction of sp³-hybridized carbons (Fsp3) is 0.120. The summed E-state index contributed by atoms with van der Waals surface area (Å²) in [7, 11) is 0. The second-order valence-corrected chi connectivity index (χ2v) is 7.57. The lowest BCUT2D eigenvalue weighted by molar-refractivity contribution is 0.459. The van der Waals surface area contributed by atoms with E-state index in [1.807, 2.05) is 25.1 Å². The first kappa shape index (κ1) is 16.0. The van der Waals surface area contributed by atoms with Crippen LogP contribution in [0.3, 0.4) is 0 Å². The Morgan fingerprint density at radius 2 is 1.15 bits per heavy atom. The van der Waals surface area contributed by atoms with E-state index in [-0.39, 0.29) is 11.5 Å². The standard InChI is InChI=1S/C25H20O2/c1-15-11-16-14-24(27)22(12-17(16)13-23(15)26)25(2)20-9-5-3-7-18(20)19-8-4-6-10-21(19)25/h3-14,26-27H,1-2H3. The first-order valence-electron chi connectivity index (χ1n) is 9.16. The van der Waals surface area contributed by atoms with E-state index in [1.54, 1.807) is 6.07 Å². The number of hydrogen-bond donors (Lipinski definition) is 2. The molecule has 0 saturated heterocycles. The summed E-state index contributed by atoms with van der Waals surface area (Å²) in [5, 5.41) is 23.0. The zero-order valence-electron chi connectivity index (χ0n) is 15.3. The largest absolute Gasteiger partial charge is 0.508 e. The first-order chi connectivity index (χ1) is 13.0. The lowest BCUT2D eigenvalue weighted by Crippen LogP contribution is -2.22. The Hall–Kier alpha value is -3.26. The highest BCUT2D eigenvalue weighted by Gasteiger charge is 2.42. The molecule has 0 bridgehead atoms. The van der Waals surface area contributed by atoms with Gasteiger partial charge in [-0.3, -0.25) is 0 Å². The summed E-state index contributed by atoms with van der Waals surface area (Å²) in [6.45, 7) is 4.04. The minimum absolute atomic E-state index is 0.275. The average Bonchev–Trinajstić information content (AvgIpc) is 2.93. The molecule has 132 valence electrons. The van der Waals surface area contributed by atoms with Gasteiger partial charge < -0.3 is 10.2 Å². The Balaban J connectivity index is 1.86. The smallest absolute Gasteiger partial charge is 0.120 e. The molecule has 2 heteroatoms. The van der Waals surface area contributed by atoms with Gasteiger partial charge in [-0.15, -0.1) is 0 Å². The van der Waals surface area contributed by atoms with Gasteiger partial charge in [-0.1, -0.05) is 48.5 Å². The highest BCUT2D eigenvalue weighted by molar-refractivity contribution is 5.90. The van der Waals surface area contributed by atoms with Crippen LogP contribution in [0.25, 0.3) is 21.9 Å². The molecule has 0 heterocycles. The number of benzene rings is 4. The monoisotopic (exact) mass is 352 g/mol. The highest BCUT2D eigenvalue weighted by Crippen LogP contribution is 2.54. The predicted molar refractivity (Wildman–Crippen MR) is 109 cm³/mol. The van der Waals surface area contributed by atoms with E-state index in [9.17, 15) is 10.2 Å². The molecule has 27 heavy (non-hydrogen) atoms. The molecule has 2 N–H and O–H groups in total. The van der Waals surface area contributed by atoms with Crippen molar-refractivity contribution < 1.29 is 10.2 Å². The van der Waals surface area contributed by atoms with Crippen LogP contribution in [-0.4, -0.2) is 10.2 Å². The van der Waals surface area contributed by atoms with E-state index in [4.69, 9.17) is 0 Å². The van der Waals surface area contributed by atoms with Crippen molar-refractivity contribution in [1.29, 1.82) is 0 Å². The Bertz CT molecular complexity index is 1170. The molecule has 4 aromatic rings. The minimum Gasteiger partial charge on any atom is -0.508 e. The summed E-state index contributed by atoms with van der Waals surface area (Å²) in [6, 6.07) is 24.3. The van der Waals surface area contributed by atoms with Crippen LogP contribution in [0, 0.1) is 6.92 Å². The number of rotatable bonds is 1. The Kier molecular flexibility index (Phi) is 3.17. The van der Waals surface area contributed by atoms with Gasteiger partial charge in [0.1, 0.15) is 11.5 Å². The number of hydrogen-bond acceptors (Lipinski definition) is 2. The van der Waals surface area contributed by atoms with Crippen molar-refractivity contribution in [2.24, 2.45) is 0 Å². The Labute approximate surface area is 158 Å². The normalized spacial score (nSPS) is 14.1. The van der Waals surface area contributed by atoms with Crippen molar-refractivity contribution in [3.05, 3.63) is 95.1 Å². The molecule has 0 unspecified atom stereocenters. The Morgan fingerprint density at radius 1 is 0.630 bits per heavy atom. The number of aryl methyl sites for hydroxylation is 1. The molecule has 0 aromatic heterocycles. The van der Waals surface area contributed by atoms with Crippen molar-refractivity contribution >= 4 is 10.8 Å². The van der Waals surface area contributed by atoms with E-state index < -0.39 is 5.41 Å². The molecule has 0 aliphatic heterocycles. The van der Waals surface area contributed by atoms with Gasteiger partial charge in [0.25, 0.3) is 0 Å². The van der Waals surface area contributed by atoms with E-state index in [1.165, 1.54) is 22.3 Å². The third kappa shape index (κ3) is 2.07. The van der Waals surface area contributed by atoms with Crippen LogP contribution in [0.5, 0.6) is 11.5 Å². The van der Waals surface area contributed by atoms with Crippen molar-refractivity contribution in [2.75, 3.05) is 0 Å². The van der Waals surface area contributed by atoms with E-state index >= 15 is 0 Å². The number of fused-ring (bicyclic) bond motifs is 4. The number of phenolic OH excluding ortho intramolecular Hbond substituents is 2. The third-order valence-corrected chi connectivity index (χ3v) is 6.03. The predicted octanol–water partition coefficient (Wildman–Crippen LogP) is 5.89. The second kappa shape index (κ2) is 5.37. The fourth-order valence-electron chi connectivity index (χ4n) is 4.58. The average molecular weight is 352 g/mol. The van der Waals surface area contributed by atoms with Gasteiger partial charge in [0.15, 0.2) is 0 Å². The maximum atomic E-state index is 11.0. The van der Waals surface area contributed by atoms with Gasteiger partial charge in [0.2, 0.25) is 0 Å². The van der Waals surface area contributed by atoms with Crippen LogP contribution in [0.15, 0.2) is 72.8 Å². The van der Waals surface area contributed by atoms with Crippen molar-refractivity contribution in [3.63, 3.8) is 0 Å². The molecule has 0 saturated carbocycles. The molecule has 4 aromatic carbocycles. The van der Waals surface area contributed by atoms with E-state index in [2.05, 4.69) is 55.5 Å². The third-order valence-electron chi connectivity index (χ3n) is 6.03. The van der Waals surface area contributed by atoms with Gasteiger partial charge in [-0.25, -0.2) is 0 Å². The van der Waals surface area contributed by atoms with Crippen LogP contribution in [0.1, 0.15) is 29.2 Å². The topological polar surface area (TPSA) is 40.5 Å². The van der Waals surface area contributed by atoms with Gasteiger partial charge in [0, 0.05) is 11.0 Å². The molecule has 0 radical (unpaired) electrons. The number of phenols is 2. The summed E-state index contributed by atoms with van der Waals surface area (Å²) >= 11 is 0. The molecule has 0 spiro atoms. The summed E-state index contributed by atoms with van der Waals surface area (Å²) in [4.78, 5) is 0. The molecule has 0 fully saturated rings. The molecular weight excluding hydrogens is 332 g/mol. The van der Waals surface area contributed by atoms with Crippen molar-refractivity contribution in [3.8, 4) is 22.6 Å². The van der Waals surface area contributed by atoms with Crippen LogP contribution < -0.4 is 0 Å². The summed E-state index contributed by atoms with van der Waals surface area (Å²) in [5.74, 6) is 0.554. The summed E-state index contributed by atoms with van der Waals surface area (Å²) in [6.07, 6.45) is 0. The molecule has 5 rings (SSSR count). The van der Waals surface area contributed by atoms with Crippen LogP contribution in [0.2, 0.25) is 0 Å². The van der Waals surface area contributed by atoms with E-state index in [0.29, 0.717) is 0 Å². The zero-order chi connectivity index (χ0) is 18.8. The molecule has 2 nitrogen and oxygen atoms in total. The molecule has 1 aliphatic carbocycles. The number of aromatic hydroxyl groups is 2. The van der Waals surface area contributed by atoms with Gasteiger partial charge in [0.05, 0.1) is 0 Å². The lowest BCUT2D eigenvalue weighted by atomic mass is 9.73. The minimum atomic E-state index is -0.452. The summed E-state index contributed by atoms with van der Waals surface area (Å²) < 4.78 is 0. The van der Waals surface area contributed by atoms with Crippen LogP contribution in [0.4, 0.5) is 0 Å². The molecule has 0 atom stereocenters. The van der Waals surface area contributed by atoms with Crippen LogP contribution >= 0.6 is 0 Å². The van der Waals surface area contributed by atoms with Crippen molar-refractivity contribution in [2.45, 2.75) is 19.3 Å².